The summed E-state index contributed by atoms with van der Waals surface area (Å²) in [7, 11) is 1.49. The van der Waals surface area contributed by atoms with Crippen LogP contribution in [0.3, 0.4) is 0 Å². The number of nitrogens with zero attached hydrogens (tertiary/aromatic N) is 1. The lowest BCUT2D eigenvalue weighted by Crippen LogP contribution is -2.44. The number of carbonyl (C=O) groups excluding carboxylic acids is 3. The molecule has 5 nitrogen and oxygen atoms in total. The van der Waals surface area contributed by atoms with Gasteiger partial charge < -0.3 is 4.74 Å². The maximum absolute atomic E-state index is 12.1. The van der Waals surface area contributed by atoms with Crippen LogP contribution in [0.2, 0.25) is 0 Å². The van der Waals surface area contributed by atoms with Crippen LogP contribution >= 0.6 is 0 Å². The Balaban J connectivity index is 2.29. The van der Waals surface area contributed by atoms with Gasteiger partial charge in [0.25, 0.3) is 5.91 Å². The minimum absolute atomic E-state index is 0.238. The van der Waals surface area contributed by atoms with E-state index in [1.54, 1.807) is 18.2 Å². The first-order valence-electron chi connectivity index (χ1n) is 5.67. The molecule has 5 heteroatoms. The normalized spacial score (nSPS) is 15.7. The van der Waals surface area contributed by atoms with E-state index in [2.05, 4.69) is 0 Å². The molecule has 2 rings (SSSR count). The average Bonchev–Trinajstić information content (AvgIpc) is 2.38. The number of hydrogen-bond acceptors (Lipinski definition) is 4. The molecule has 3 amide bonds. The number of methoxy groups -OCH3 is 1. The Kier molecular flexibility index (Phi) is 3.41. The molecule has 1 aliphatic heterocycles. The van der Waals surface area contributed by atoms with E-state index >= 15 is 0 Å². The van der Waals surface area contributed by atoms with Crippen LogP contribution in [0.1, 0.15) is 29.6 Å². The third-order valence-electron chi connectivity index (χ3n) is 2.80. The highest BCUT2D eigenvalue weighted by atomic mass is 16.5. The van der Waals surface area contributed by atoms with Crippen LogP contribution in [0.15, 0.2) is 24.3 Å². The molecule has 0 atom stereocenters. The Morgan fingerprint density at radius 2 is 1.89 bits per heavy atom. The van der Waals surface area contributed by atoms with Crippen LogP contribution in [0.25, 0.3) is 0 Å². The van der Waals surface area contributed by atoms with Crippen molar-refractivity contribution in [3.8, 4) is 5.75 Å². The summed E-state index contributed by atoms with van der Waals surface area (Å²) < 4.78 is 5.01. The van der Waals surface area contributed by atoms with E-state index in [1.165, 1.54) is 13.2 Å². The molecule has 0 aliphatic carbocycles. The van der Waals surface area contributed by atoms with Gasteiger partial charge in [-0.05, 0) is 24.6 Å². The quantitative estimate of drug-likeness (QED) is 0.740. The fourth-order valence-corrected chi connectivity index (χ4v) is 1.87. The van der Waals surface area contributed by atoms with Crippen LogP contribution < -0.4 is 4.74 Å². The zero-order valence-corrected chi connectivity index (χ0v) is 10.0. The topological polar surface area (TPSA) is 63.7 Å². The minimum atomic E-state index is -0.580. The predicted octanol–water partition coefficient (Wildman–Crippen LogP) is 1.37. The van der Waals surface area contributed by atoms with Crippen molar-refractivity contribution in [3.05, 3.63) is 29.8 Å². The summed E-state index contributed by atoms with van der Waals surface area (Å²) in [5.74, 6) is -0.931. The molecule has 18 heavy (non-hydrogen) atoms. The molecule has 1 heterocycles. The largest absolute Gasteiger partial charge is 0.497 e. The van der Waals surface area contributed by atoms with Crippen molar-refractivity contribution in [2.75, 3.05) is 7.11 Å². The molecule has 1 saturated heterocycles. The van der Waals surface area contributed by atoms with Gasteiger partial charge in [-0.3, -0.25) is 14.4 Å². The number of benzene rings is 1. The van der Waals surface area contributed by atoms with E-state index in [4.69, 9.17) is 4.74 Å². The first kappa shape index (κ1) is 12.3. The van der Waals surface area contributed by atoms with Gasteiger partial charge in [-0.2, -0.15) is 0 Å². The highest BCUT2D eigenvalue weighted by Gasteiger charge is 2.32. The van der Waals surface area contributed by atoms with Gasteiger partial charge in [0.2, 0.25) is 11.8 Å². The van der Waals surface area contributed by atoms with Crippen molar-refractivity contribution in [1.82, 2.24) is 4.90 Å². The zero-order chi connectivity index (χ0) is 13.1. The second-order valence-corrected chi connectivity index (χ2v) is 4.01. The van der Waals surface area contributed by atoms with Gasteiger partial charge in [0.15, 0.2) is 0 Å². The number of rotatable bonds is 2. The maximum atomic E-state index is 12.1. The molecular weight excluding hydrogens is 234 g/mol. The van der Waals surface area contributed by atoms with Crippen molar-refractivity contribution in [2.45, 2.75) is 19.3 Å². The molecule has 1 aromatic carbocycles. The van der Waals surface area contributed by atoms with Gasteiger partial charge in [0, 0.05) is 18.4 Å². The monoisotopic (exact) mass is 247 g/mol. The first-order valence-corrected chi connectivity index (χ1v) is 5.67. The molecule has 0 N–H and O–H groups in total. The molecule has 0 spiro atoms. The van der Waals surface area contributed by atoms with E-state index in [0.717, 1.165) is 4.90 Å². The minimum Gasteiger partial charge on any atom is -0.497 e. The second-order valence-electron chi connectivity index (χ2n) is 4.01. The highest BCUT2D eigenvalue weighted by molar-refractivity contribution is 6.17. The summed E-state index contributed by atoms with van der Waals surface area (Å²) in [6.45, 7) is 0. The Labute approximate surface area is 104 Å². The molecule has 1 aromatic rings. The van der Waals surface area contributed by atoms with Crippen molar-refractivity contribution < 1.29 is 19.1 Å². The van der Waals surface area contributed by atoms with Gasteiger partial charge in [-0.25, -0.2) is 4.90 Å². The third kappa shape index (κ3) is 2.25. The molecule has 1 aliphatic rings. The molecule has 0 bridgehead atoms. The Hall–Kier alpha value is -2.17. The van der Waals surface area contributed by atoms with E-state index in [0.29, 0.717) is 12.2 Å². The molecule has 0 aromatic heterocycles. The first-order chi connectivity index (χ1) is 8.63. The molecule has 0 saturated carbocycles. The van der Waals surface area contributed by atoms with Gasteiger partial charge in [-0.1, -0.05) is 6.07 Å². The number of piperidine rings is 1. The summed E-state index contributed by atoms with van der Waals surface area (Å²) in [6.07, 6.45) is 0.989. The van der Waals surface area contributed by atoms with Gasteiger partial charge in [-0.15, -0.1) is 0 Å². The van der Waals surface area contributed by atoms with Crippen LogP contribution in [0, 0.1) is 0 Å². The van der Waals surface area contributed by atoms with Crippen molar-refractivity contribution in [3.63, 3.8) is 0 Å². The fourth-order valence-electron chi connectivity index (χ4n) is 1.87. The van der Waals surface area contributed by atoms with Crippen LogP contribution in [0.5, 0.6) is 5.75 Å². The number of carbonyl (C=O) groups is 3. The van der Waals surface area contributed by atoms with Crippen molar-refractivity contribution >= 4 is 17.7 Å². The van der Waals surface area contributed by atoms with Crippen molar-refractivity contribution in [2.24, 2.45) is 0 Å². The number of imide groups is 3. The third-order valence-corrected chi connectivity index (χ3v) is 2.80. The fraction of sp³-hybridized carbons (Fsp3) is 0.308. The van der Waals surface area contributed by atoms with E-state index < -0.39 is 17.7 Å². The summed E-state index contributed by atoms with van der Waals surface area (Å²) in [6, 6.07) is 6.40. The van der Waals surface area contributed by atoms with E-state index in [-0.39, 0.29) is 18.4 Å². The highest BCUT2D eigenvalue weighted by Crippen LogP contribution is 2.18. The van der Waals surface area contributed by atoms with Gasteiger partial charge >= 0.3 is 0 Å². The summed E-state index contributed by atoms with van der Waals surface area (Å²) in [4.78, 5) is 36.1. The smallest absolute Gasteiger partial charge is 0.267 e. The maximum Gasteiger partial charge on any atom is 0.267 e. The summed E-state index contributed by atoms with van der Waals surface area (Å²) >= 11 is 0. The lowest BCUT2D eigenvalue weighted by Gasteiger charge is -2.23. The van der Waals surface area contributed by atoms with E-state index in [9.17, 15) is 14.4 Å². The SMILES string of the molecule is COc1cccc(C(=O)N2C(=O)CCCC2=O)c1. The Bertz CT molecular complexity index is 493. The Morgan fingerprint density at radius 3 is 2.50 bits per heavy atom. The summed E-state index contributed by atoms with van der Waals surface area (Å²) in [5.41, 5.74) is 0.276. The standard InChI is InChI=1S/C13H13NO4/c1-18-10-5-2-4-9(8-10)13(17)14-11(15)6-3-7-12(14)16/h2,4-5,8H,3,6-7H2,1H3. The van der Waals surface area contributed by atoms with Gasteiger partial charge in [0.1, 0.15) is 5.75 Å². The lowest BCUT2D eigenvalue weighted by atomic mass is 10.1. The molecule has 94 valence electrons. The van der Waals surface area contributed by atoms with Crippen LogP contribution in [-0.4, -0.2) is 29.7 Å². The molecule has 0 radical (unpaired) electrons. The van der Waals surface area contributed by atoms with Crippen LogP contribution in [0.4, 0.5) is 0 Å². The summed E-state index contributed by atoms with van der Waals surface area (Å²) in [5, 5.41) is 0. The number of ether oxygens (including phenoxy) is 1. The van der Waals surface area contributed by atoms with E-state index in [1.807, 2.05) is 0 Å². The Morgan fingerprint density at radius 1 is 1.22 bits per heavy atom. The lowest BCUT2D eigenvalue weighted by molar-refractivity contribution is -0.144. The molecule has 1 fully saturated rings. The molecule has 0 unspecified atom stereocenters. The van der Waals surface area contributed by atoms with Gasteiger partial charge in [0.05, 0.1) is 7.11 Å². The second kappa shape index (κ2) is 5.00. The number of hydrogen-bond donors (Lipinski definition) is 0. The predicted molar refractivity (Wildman–Crippen MR) is 63.0 cm³/mol. The zero-order valence-electron chi connectivity index (χ0n) is 10.0. The number of likely N-dealkylation sites (tertiary alicyclic amines) is 1. The number of amides is 3. The van der Waals surface area contributed by atoms with Crippen LogP contribution in [-0.2, 0) is 9.59 Å². The molecular formula is C13H13NO4. The van der Waals surface area contributed by atoms with Crippen molar-refractivity contribution in [1.29, 1.82) is 0 Å². The average molecular weight is 247 g/mol.